The maximum atomic E-state index is 12.2. The summed E-state index contributed by atoms with van der Waals surface area (Å²) < 4.78 is 22.9. The highest BCUT2D eigenvalue weighted by atomic mass is 32.2. The standard InChI is InChI=1S/C14H17N3O3S/c1-21(19,20)11-4-2-10(3-5-11)12-16-13(18)14(17-12)6-8-15-9-7-14/h2-5,15H,6-9H2,1H3,(H,16,17,18). The number of benzene rings is 1. The van der Waals surface area contributed by atoms with Crippen LogP contribution in [0.15, 0.2) is 34.2 Å². The van der Waals surface area contributed by atoms with Crippen LogP contribution in [0.4, 0.5) is 0 Å². The number of carbonyl (C=O) groups is 1. The van der Waals surface area contributed by atoms with Crippen LogP contribution >= 0.6 is 0 Å². The van der Waals surface area contributed by atoms with Crippen LogP contribution in [0.5, 0.6) is 0 Å². The average Bonchev–Trinajstić information content (AvgIpc) is 2.76. The van der Waals surface area contributed by atoms with E-state index >= 15 is 0 Å². The SMILES string of the molecule is CS(=O)(=O)c1ccc(C2=NC3(CCNCC3)C(=O)N2)cc1. The zero-order chi connectivity index (χ0) is 15.1. The number of sulfone groups is 1. The van der Waals surface area contributed by atoms with Gasteiger partial charge in [-0.2, -0.15) is 0 Å². The molecule has 0 bridgehead atoms. The Morgan fingerprint density at radius 2 is 1.76 bits per heavy atom. The molecule has 0 aliphatic carbocycles. The predicted molar refractivity (Wildman–Crippen MR) is 79.1 cm³/mol. The van der Waals surface area contributed by atoms with Crippen LogP contribution < -0.4 is 10.6 Å². The minimum Gasteiger partial charge on any atom is -0.317 e. The maximum absolute atomic E-state index is 12.2. The Hall–Kier alpha value is -1.73. The van der Waals surface area contributed by atoms with Gasteiger partial charge in [-0.3, -0.25) is 9.79 Å². The van der Waals surface area contributed by atoms with Crippen LogP contribution in [-0.4, -0.2) is 45.0 Å². The molecule has 1 aromatic carbocycles. The first kappa shape index (κ1) is 14.2. The van der Waals surface area contributed by atoms with E-state index < -0.39 is 15.4 Å². The fourth-order valence-electron chi connectivity index (χ4n) is 2.69. The monoisotopic (exact) mass is 307 g/mol. The Bertz CT molecular complexity index is 701. The van der Waals surface area contributed by atoms with Crippen LogP contribution in [0.2, 0.25) is 0 Å². The minimum absolute atomic E-state index is 0.0637. The summed E-state index contributed by atoms with van der Waals surface area (Å²) in [5.74, 6) is 0.466. The second-order valence-electron chi connectivity index (χ2n) is 5.49. The maximum Gasteiger partial charge on any atom is 0.253 e. The molecule has 0 saturated carbocycles. The number of aliphatic imine (C=N–C) groups is 1. The van der Waals surface area contributed by atoms with Gasteiger partial charge in [0.05, 0.1) is 4.90 Å². The topological polar surface area (TPSA) is 87.6 Å². The molecule has 1 amide bonds. The van der Waals surface area contributed by atoms with Gasteiger partial charge in [0.2, 0.25) is 0 Å². The first-order valence-electron chi connectivity index (χ1n) is 6.83. The van der Waals surface area contributed by atoms with Crippen LogP contribution in [0.3, 0.4) is 0 Å². The van der Waals surface area contributed by atoms with Crippen molar-refractivity contribution in [3.05, 3.63) is 29.8 Å². The number of carbonyl (C=O) groups excluding carboxylic acids is 1. The highest BCUT2D eigenvalue weighted by Crippen LogP contribution is 2.28. The zero-order valence-corrected chi connectivity index (χ0v) is 12.5. The molecular weight excluding hydrogens is 290 g/mol. The van der Waals surface area contributed by atoms with E-state index in [1.807, 2.05) is 0 Å². The third-order valence-corrected chi connectivity index (χ3v) is 5.10. The van der Waals surface area contributed by atoms with Crippen molar-refractivity contribution in [2.45, 2.75) is 23.3 Å². The van der Waals surface area contributed by atoms with Gasteiger partial charge in [0.1, 0.15) is 11.4 Å². The summed E-state index contributed by atoms with van der Waals surface area (Å²) in [7, 11) is -3.22. The number of rotatable bonds is 2. The lowest BCUT2D eigenvalue weighted by atomic mass is 9.89. The molecule has 2 heterocycles. The van der Waals surface area contributed by atoms with Crippen molar-refractivity contribution in [1.29, 1.82) is 0 Å². The summed E-state index contributed by atoms with van der Waals surface area (Å²) in [6.07, 6.45) is 2.54. The summed E-state index contributed by atoms with van der Waals surface area (Å²) in [6.45, 7) is 1.55. The predicted octanol–water partition coefficient (Wildman–Crippen LogP) is 0.0887. The van der Waals surface area contributed by atoms with Gasteiger partial charge in [-0.05, 0) is 50.2 Å². The largest absolute Gasteiger partial charge is 0.317 e. The molecule has 0 atom stereocenters. The van der Waals surface area contributed by atoms with Gasteiger partial charge in [0.15, 0.2) is 9.84 Å². The Balaban J connectivity index is 1.91. The first-order valence-corrected chi connectivity index (χ1v) is 8.72. The van der Waals surface area contributed by atoms with Crippen LogP contribution in [0.25, 0.3) is 0 Å². The van der Waals surface area contributed by atoms with E-state index in [0.29, 0.717) is 18.7 Å². The van der Waals surface area contributed by atoms with Crippen molar-refractivity contribution in [1.82, 2.24) is 10.6 Å². The zero-order valence-electron chi connectivity index (χ0n) is 11.7. The molecule has 2 aliphatic rings. The van der Waals surface area contributed by atoms with Gasteiger partial charge in [-0.15, -0.1) is 0 Å². The molecule has 21 heavy (non-hydrogen) atoms. The number of amidine groups is 1. The van der Waals surface area contributed by atoms with Gasteiger partial charge in [-0.25, -0.2) is 8.42 Å². The molecule has 6 nitrogen and oxygen atoms in total. The molecule has 112 valence electrons. The summed E-state index contributed by atoms with van der Waals surface area (Å²) >= 11 is 0. The molecule has 0 unspecified atom stereocenters. The molecule has 3 rings (SSSR count). The average molecular weight is 307 g/mol. The molecule has 0 radical (unpaired) electrons. The highest BCUT2D eigenvalue weighted by Gasteiger charge is 2.44. The van der Waals surface area contributed by atoms with Gasteiger partial charge < -0.3 is 10.6 Å². The molecule has 1 saturated heterocycles. The smallest absolute Gasteiger partial charge is 0.253 e. The van der Waals surface area contributed by atoms with Crippen molar-refractivity contribution in [3.63, 3.8) is 0 Å². The molecule has 1 aromatic rings. The second-order valence-corrected chi connectivity index (χ2v) is 7.51. The van der Waals surface area contributed by atoms with Crippen LogP contribution in [-0.2, 0) is 14.6 Å². The Morgan fingerprint density at radius 3 is 2.33 bits per heavy atom. The molecule has 0 aromatic heterocycles. The molecule has 1 fully saturated rings. The molecular formula is C14H17N3O3S. The lowest BCUT2D eigenvalue weighted by molar-refractivity contribution is -0.124. The first-order chi connectivity index (χ1) is 9.91. The third-order valence-electron chi connectivity index (χ3n) is 3.97. The van der Waals surface area contributed by atoms with Crippen molar-refractivity contribution in [3.8, 4) is 0 Å². The number of nitrogens with one attached hydrogen (secondary N) is 2. The van der Waals surface area contributed by atoms with Crippen LogP contribution in [0, 0.1) is 0 Å². The minimum atomic E-state index is -3.22. The summed E-state index contributed by atoms with van der Waals surface area (Å²) in [4.78, 5) is 17.1. The molecule has 1 spiro atoms. The fraction of sp³-hybridized carbons (Fsp3) is 0.429. The Labute approximate surface area is 123 Å². The second kappa shape index (κ2) is 4.92. The number of hydrogen-bond donors (Lipinski definition) is 2. The Morgan fingerprint density at radius 1 is 1.14 bits per heavy atom. The number of nitrogens with zero attached hydrogens (tertiary/aromatic N) is 1. The van der Waals surface area contributed by atoms with Crippen molar-refractivity contribution in [2.75, 3.05) is 19.3 Å². The lowest BCUT2D eigenvalue weighted by Crippen LogP contribution is -2.47. The lowest BCUT2D eigenvalue weighted by Gasteiger charge is -2.28. The molecule has 2 aliphatic heterocycles. The van der Waals surface area contributed by atoms with Crippen molar-refractivity contribution < 1.29 is 13.2 Å². The van der Waals surface area contributed by atoms with Gasteiger partial charge in [-0.1, -0.05) is 0 Å². The van der Waals surface area contributed by atoms with Crippen LogP contribution in [0.1, 0.15) is 18.4 Å². The van der Waals surface area contributed by atoms with Gasteiger partial charge >= 0.3 is 0 Å². The third kappa shape index (κ3) is 2.58. The number of piperidine rings is 1. The summed E-state index contributed by atoms with van der Waals surface area (Å²) in [6, 6.07) is 6.42. The van der Waals surface area contributed by atoms with Gasteiger partial charge in [0.25, 0.3) is 5.91 Å². The van der Waals surface area contributed by atoms with E-state index in [1.54, 1.807) is 12.1 Å². The van der Waals surface area contributed by atoms with Crippen molar-refractivity contribution >= 4 is 21.6 Å². The normalized spacial score (nSPS) is 21.2. The van der Waals surface area contributed by atoms with Gasteiger partial charge in [0, 0.05) is 11.8 Å². The quantitative estimate of drug-likeness (QED) is 0.810. The number of amides is 1. The fourth-order valence-corrected chi connectivity index (χ4v) is 3.32. The Kier molecular flexibility index (Phi) is 3.33. The summed E-state index contributed by atoms with van der Waals surface area (Å²) in [5, 5.41) is 6.04. The van der Waals surface area contributed by atoms with E-state index in [0.717, 1.165) is 18.7 Å². The summed E-state index contributed by atoms with van der Waals surface area (Å²) in [5.41, 5.74) is 0.0713. The van der Waals surface area contributed by atoms with E-state index in [9.17, 15) is 13.2 Å². The highest BCUT2D eigenvalue weighted by molar-refractivity contribution is 7.90. The van der Waals surface area contributed by atoms with E-state index in [-0.39, 0.29) is 10.8 Å². The van der Waals surface area contributed by atoms with E-state index in [4.69, 9.17) is 0 Å². The van der Waals surface area contributed by atoms with E-state index in [1.165, 1.54) is 18.4 Å². The molecule has 7 heteroatoms. The van der Waals surface area contributed by atoms with Crippen molar-refractivity contribution in [2.24, 2.45) is 4.99 Å². The molecule has 2 N–H and O–H groups in total. The number of hydrogen-bond acceptors (Lipinski definition) is 5. The van der Waals surface area contributed by atoms with E-state index in [2.05, 4.69) is 15.6 Å².